The number of primary amides is 1. The summed E-state index contributed by atoms with van der Waals surface area (Å²) in [6.45, 7) is 4.37. The van der Waals surface area contributed by atoms with Crippen LogP contribution in [0.5, 0.6) is 0 Å². The Balaban J connectivity index is 2.41. The van der Waals surface area contributed by atoms with E-state index in [4.69, 9.17) is 11.5 Å². The minimum absolute atomic E-state index is 0.418. The van der Waals surface area contributed by atoms with Gasteiger partial charge in [0.05, 0.1) is 0 Å². The number of nitrogens with two attached hydrogens (primary N) is 2. The second-order valence-corrected chi connectivity index (χ2v) is 4.12. The van der Waals surface area contributed by atoms with Crippen LogP contribution in [-0.2, 0) is 4.79 Å². The van der Waals surface area contributed by atoms with E-state index in [0.717, 1.165) is 13.1 Å². The third kappa shape index (κ3) is 2.97. The van der Waals surface area contributed by atoms with Gasteiger partial charge in [0, 0.05) is 6.54 Å². The minimum Gasteiger partial charge on any atom is -0.368 e. The van der Waals surface area contributed by atoms with Crippen molar-refractivity contribution < 1.29 is 4.79 Å². The molecule has 0 aromatic rings. The highest BCUT2D eigenvalue weighted by molar-refractivity contribution is 5.84. The first-order valence-electron chi connectivity index (χ1n) is 4.83. The van der Waals surface area contributed by atoms with Crippen LogP contribution in [-0.4, -0.2) is 36.0 Å². The van der Waals surface area contributed by atoms with Crippen molar-refractivity contribution in [3.63, 3.8) is 0 Å². The summed E-state index contributed by atoms with van der Waals surface area (Å²) in [5.74, 6) is -0.418. The largest absolute Gasteiger partial charge is 0.368 e. The van der Waals surface area contributed by atoms with Crippen LogP contribution in [0.15, 0.2) is 0 Å². The summed E-state index contributed by atoms with van der Waals surface area (Å²) in [7, 11) is 0. The smallest absolute Gasteiger partial charge is 0.238 e. The minimum atomic E-state index is -0.878. The molecule has 0 saturated carbocycles. The summed E-state index contributed by atoms with van der Waals surface area (Å²) in [5, 5.41) is 0. The third-order valence-corrected chi connectivity index (χ3v) is 2.56. The van der Waals surface area contributed by atoms with Gasteiger partial charge in [-0.2, -0.15) is 0 Å². The van der Waals surface area contributed by atoms with Gasteiger partial charge in [-0.1, -0.05) is 6.42 Å². The molecule has 1 fully saturated rings. The van der Waals surface area contributed by atoms with Crippen LogP contribution >= 0.6 is 0 Å². The lowest BCUT2D eigenvalue weighted by molar-refractivity contribution is -0.123. The predicted molar refractivity (Wildman–Crippen MR) is 52.1 cm³/mol. The second kappa shape index (κ2) is 4.07. The predicted octanol–water partition coefficient (Wildman–Crippen LogP) is -0.325. The molecule has 0 aliphatic carbocycles. The van der Waals surface area contributed by atoms with Gasteiger partial charge >= 0.3 is 0 Å². The lowest BCUT2D eigenvalue weighted by Crippen LogP contribution is -2.57. The van der Waals surface area contributed by atoms with Crippen molar-refractivity contribution in [2.75, 3.05) is 19.6 Å². The number of likely N-dealkylation sites (tertiary alicyclic amines) is 1. The van der Waals surface area contributed by atoms with Gasteiger partial charge in [0.15, 0.2) is 0 Å². The van der Waals surface area contributed by atoms with Crippen LogP contribution in [0.3, 0.4) is 0 Å². The van der Waals surface area contributed by atoms with Gasteiger partial charge in [0.2, 0.25) is 5.91 Å². The molecule has 13 heavy (non-hydrogen) atoms. The number of rotatable bonds is 3. The lowest BCUT2D eigenvalue weighted by atomic mass is 10.0. The zero-order chi connectivity index (χ0) is 9.90. The number of carbonyl (C=O) groups excluding carboxylic acids is 1. The lowest BCUT2D eigenvalue weighted by Gasteiger charge is -2.32. The molecule has 0 aromatic carbocycles. The van der Waals surface area contributed by atoms with E-state index in [1.807, 2.05) is 0 Å². The Morgan fingerprint density at radius 3 is 2.38 bits per heavy atom. The average Bonchev–Trinajstić information content (AvgIpc) is 2.05. The van der Waals surface area contributed by atoms with Crippen LogP contribution in [0.25, 0.3) is 0 Å². The van der Waals surface area contributed by atoms with Crippen molar-refractivity contribution in [2.24, 2.45) is 11.5 Å². The van der Waals surface area contributed by atoms with Crippen LogP contribution in [0.1, 0.15) is 26.2 Å². The number of hydrogen-bond donors (Lipinski definition) is 2. The van der Waals surface area contributed by atoms with Gasteiger partial charge < -0.3 is 16.4 Å². The van der Waals surface area contributed by atoms with Gasteiger partial charge in [-0.15, -0.1) is 0 Å². The molecular formula is C9H19N3O. The van der Waals surface area contributed by atoms with Crippen molar-refractivity contribution in [2.45, 2.75) is 31.7 Å². The summed E-state index contributed by atoms with van der Waals surface area (Å²) in [6.07, 6.45) is 3.69. The maximum atomic E-state index is 11.0. The summed E-state index contributed by atoms with van der Waals surface area (Å²) in [5.41, 5.74) is 10.1. The molecule has 4 nitrogen and oxygen atoms in total. The van der Waals surface area contributed by atoms with E-state index in [9.17, 15) is 4.79 Å². The quantitative estimate of drug-likeness (QED) is 0.632. The molecule has 4 N–H and O–H groups in total. The first-order valence-corrected chi connectivity index (χ1v) is 4.83. The molecule has 1 aliphatic rings. The Hall–Kier alpha value is -0.610. The van der Waals surface area contributed by atoms with E-state index >= 15 is 0 Å². The standard InChI is InChI=1S/C9H19N3O/c1-9(11,8(10)13)7-12-5-3-2-4-6-12/h2-7,11H2,1H3,(H2,10,13). The zero-order valence-electron chi connectivity index (χ0n) is 8.25. The molecule has 1 unspecified atom stereocenters. The third-order valence-electron chi connectivity index (χ3n) is 2.56. The molecule has 4 heteroatoms. The highest BCUT2D eigenvalue weighted by Crippen LogP contribution is 2.11. The molecule has 1 heterocycles. The average molecular weight is 185 g/mol. The van der Waals surface area contributed by atoms with Crippen molar-refractivity contribution in [1.82, 2.24) is 4.90 Å². The van der Waals surface area contributed by atoms with Gasteiger partial charge in [0.1, 0.15) is 5.54 Å². The highest BCUT2D eigenvalue weighted by Gasteiger charge is 2.28. The van der Waals surface area contributed by atoms with E-state index in [2.05, 4.69) is 4.90 Å². The Morgan fingerprint density at radius 2 is 1.92 bits per heavy atom. The van der Waals surface area contributed by atoms with Gasteiger partial charge in [-0.3, -0.25) is 4.79 Å². The van der Waals surface area contributed by atoms with E-state index < -0.39 is 11.4 Å². The number of carbonyl (C=O) groups is 1. The molecule has 0 aromatic heterocycles. The van der Waals surface area contributed by atoms with Gasteiger partial charge in [-0.25, -0.2) is 0 Å². The molecule has 1 atom stereocenters. The first kappa shape index (κ1) is 10.5. The molecule has 0 radical (unpaired) electrons. The van der Waals surface area contributed by atoms with Crippen molar-refractivity contribution in [3.8, 4) is 0 Å². The maximum Gasteiger partial charge on any atom is 0.238 e. The molecule has 1 aliphatic heterocycles. The normalized spacial score (nSPS) is 23.8. The van der Waals surface area contributed by atoms with E-state index in [1.165, 1.54) is 19.3 Å². The Bertz CT molecular complexity index is 185. The molecular weight excluding hydrogens is 166 g/mol. The van der Waals surface area contributed by atoms with E-state index in [0.29, 0.717) is 6.54 Å². The van der Waals surface area contributed by atoms with E-state index in [1.54, 1.807) is 6.92 Å². The van der Waals surface area contributed by atoms with Crippen LogP contribution in [0.2, 0.25) is 0 Å². The van der Waals surface area contributed by atoms with Crippen LogP contribution in [0.4, 0.5) is 0 Å². The van der Waals surface area contributed by atoms with Crippen molar-refractivity contribution in [1.29, 1.82) is 0 Å². The number of amides is 1. The number of hydrogen-bond acceptors (Lipinski definition) is 3. The van der Waals surface area contributed by atoms with Crippen LogP contribution < -0.4 is 11.5 Å². The van der Waals surface area contributed by atoms with Gasteiger partial charge in [-0.05, 0) is 32.9 Å². The SMILES string of the molecule is CC(N)(CN1CCCCC1)C(N)=O. The fourth-order valence-corrected chi connectivity index (χ4v) is 1.66. The molecule has 1 saturated heterocycles. The number of nitrogens with zero attached hydrogens (tertiary/aromatic N) is 1. The fourth-order valence-electron chi connectivity index (χ4n) is 1.66. The number of piperidine rings is 1. The summed E-state index contributed by atoms with van der Waals surface area (Å²) in [6, 6.07) is 0. The Kier molecular flexibility index (Phi) is 3.27. The van der Waals surface area contributed by atoms with Gasteiger partial charge in [0.25, 0.3) is 0 Å². The zero-order valence-corrected chi connectivity index (χ0v) is 8.25. The Labute approximate surface area is 79.3 Å². The Morgan fingerprint density at radius 1 is 1.38 bits per heavy atom. The first-order chi connectivity index (χ1) is 6.02. The molecule has 1 amide bonds. The van der Waals surface area contributed by atoms with E-state index in [-0.39, 0.29) is 0 Å². The summed E-state index contributed by atoms with van der Waals surface area (Å²) in [4.78, 5) is 13.2. The van der Waals surface area contributed by atoms with Crippen LogP contribution in [0, 0.1) is 0 Å². The second-order valence-electron chi connectivity index (χ2n) is 4.12. The van der Waals surface area contributed by atoms with Crippen molar-refractivity contribution in [3.05, 3.63) is 0 Å². The molecule has 0 bridgehead atoms. The molecule has 76 valence electrons. The maximum absolute atomic E-state index is 11.0. The summed E-state index contributed by atoms with van der Waals surface area (Å²) >= 11 is 0. The molecule has 1 rings (SSSR count). The highest BCUT2D eigenvalue weighted by atomic mass is 16.1. The summed E-state index contributed by atoms with van der Waals surface area (Å²) < 4.78 is 0. The topological polar surface area (TPSA) is 72.3 Å². The molecule has 0 spiro atoms. The van der Waals surface area contributed by atoms with Crippen molar-refractivity contribution >= 4 is 5.91 Å². The monoisotopic (exact) mass is 185 g/mol. The fraction of sp³-hybridized carbons (Fsp3) is 0.889.